The van der Waals surface area contributed by atoms with Crippen molar-refractivity contribution in [2.24, 2.45) is 7.05 Å². The number of halogens is 2. The van der Waals surface area contributed by atoms with E-state index < -0.39 is 11.3 Å². The number of rotatable bonds is 2. The van der Waals surface area contributed by atoms with Gasteiger partial charge >= 0.3 is 0 Å². The van der Waals surface area contributed by atoms with E-state index in [9.17, 15) is 9.59 Å². The summed E-state index contributed by atoms with van der Waals surface area (Å²) in [5.41, 5.74) is 0.563. The first-order chi connectivity index (χ1) is 11.0. The van der Waals surface area contributed by atoms with E-state index in [0.717, 1.165) is 4.47 Å². The molecule has 0 atom stereocenters. The van der Waals surface area contributed by atoms with Gasteiger partial charge in [0, 0.05) is 22.2 Å². The number of carbonyl (C=O) groups is 1. The van der Waals surface area contributed by atoms with E-state index >= 15 is 0 Å². The van der Waals surface area contributed by atoms with Crippen molar-refractivity contribution in [1.29, 1.82) is 0 Å². The van der Waals surface area contributed by atoms with Crippen molar-refractivity contribution in [2.75, 3.05) is 5.32 Å². The summed E-state index contributed by atoms with van der Waals surface area (Å²) < 4.78 is 2.38. The highest BCUT2D eigenvalue weighted by atomic mass is 79.9. The number of nitrogens with one attached hydrogen (secondary N) is 1. The molecule has 1 N–H and O–H groups in total. The molecule has 0 bridgehead atoms. The molecule has 1 aromatic heterocycles. The summed E-state index contributed by atoms with van der Waals surface area (Å²) in [5, 5.41) is 7.54. The summed E-state index contributed by atoms with van der Waals surface area (Å²) in [6, 6.07) is 11.9. The molecule has 0 aliphatic rings. The van der Waals surface area contributed by atoms with E-state index in [1.54, 1.807) is 43.4 Å². The predicted molar refractivity (Wildman–Crippen MR) is 94.1 cm³/mol. The van der Waals surface area contributed by atoms with Crippen LogP contribution in [0.15, 0.2) is 51.7 Å². The van der Waals surface area contributed by atoms with E-state index in [2.05, 4.69) is 26.3 Å². The number of anilines is 1. The van der Waals surface area contributed by atoms with Gasteiger partial charge in [-0.05, 0) is 42.5 Å². The molecule has 0 unspecified atom stereocenters. The fraction of sp³-hybridized carbons (Fsp3) is 0.0625. The van der Waals surface area contributed by atoms with Gasteiger partial charge in [0.2, 0.25) is 5.43 Å². The van der Waals surface area contributed by atoms with Crippen molar-refractivity contribution in [3.8, 4) is 0 Å². The van der Waals surface area contributed by atoms with Gasteiger partial charge in [0.1, 0.15) is 0 Å². The molecule has 3 aromatic rings. The molecule has 3 rings (SSSR count). The van der Waals surface area contributed by atoms with Crippen LogP contribution in [-0.4, -0.2) is 15.7 Å². The van der Waals surface area contributed by atoms with Crippen molar-refractivity contribution in [1.82, 2.24) is 9.78 Å². The summed E-state index contributed by atoms with van der Waals surface area (Å²) in [4.78, 5) is 24.9. The van der Waals surface area contributed by atoms with Gasteiger partial charge in [0.05, 0.1) is 10.9 Å². The smallest absolute Gasteiger partial charge is 0.280 e. The molecular formula is C16H11BrClN3O2. The topological polar surface area (TPSA) is 64.0 Å². The monoisotopic (exact) mass is 391 g/mol. The van der Waals surface area contributed by atoms with Gasteiger partial charge in [-0.25, -0.2) is 0 Å². The maximum atomic E-state index is 12.5. The van der Waals surface area contributed by atoms with Gasteiger partial charge in [0.25, 0.3) is 5.91 Å². The molecule has 5 nitrogen and oxygen atoms in total. The average molecular weight is 393 g/mol. The third-order valence-corrected chi connectivity index (χ3v) is 4.10. The van der Waals surface area contributed by atoms with E-state index in [-0.39, 0.29) is 5.69 Å². The number of fused-ring (bicyclic) bond motifs is 1. The van der Waals surface area contributed by atoms with Gasteiger partial charge < -0.3 is 5.32 Å². The van der Waals surface area contributed by atoms with Crippen molar-refractivity contribution < 1.29 is 4.79 Å². The van der Waals surface area contributed by atoms with E-state index in [1.165, 1.54) is 10.7 Å². The van der Waals surface area contributed by atoms with Crippen LogP contribution in [0.2, 0.25) is 5.02 Å². The molecular weight excluding hydrogens is 382 g/mol. The minimum Gasteiger partial charge on any atom is -0.320 e. The Labute approximate surface area is 145 Å². The summed E-state index contributed by atoms with van der Waals surface area (Å²) in [7, 11) is 1.67. The maximum Gasteiger partial charge on any atom is 0.280 e. The van der Waals surface area contributed by atoms with Gasteiger partial charge in [-0.2, -0.15) is 5.10 Å². The van der Waals surface area contributed by atoms with E-state index in [4.69, 9.17) is 11.6 Å². The number of aromatic nitrogens is 2. The third kappa shape index (κ3) is 3.13. The summed E-state index contributed by atoms with van der Waals surface area (Å²) >= 11 is 9.27. The molecule has 7 heteroatoms. The van der Waals surface area contributed by atoms with E-state index in [1.807, 2.05) is 0 Å². The second-order valence-electron chi connectivity index (χ2n) is 4.92. The largest absolute Gasteiger partial charge is 0.320 e. The quantitative estimate of drug-likeness (QED) is 0.725. The first-order valence-corrected chi connectivity index (χ1v) is 7.86. The second-order valence-corrected chi connectivity index (χ2v) is 6.28. The Morgan fingerprint density at radius 3 is 2.61 bits per heavy atom. The Hall–Kier alpha value is -2.18. The second kappa shape index (κ2) is 6.14. The number of benzene rings is 2. The molecule has 1 heterocycles. The fourth-order valence-electron chi connectivity index (χ4n) is 2.22. The standard InChI is InChI=1S/C16H11BrClN3O2/c1-21-13-7-4-10(18)8-12(13)15(22)14(20-21)16(23)19-11-5-2-9(17)3-6-11/h2-8H,1H3,(H,19,23). The Morgan fingerprint density at radius 2 is 1.91 bits per heavy atom. The van der Waals surface area contributed by atoms with Gasteiger partial charge in [-0.3, -0.25) is 14.3 Å². The van der Waals surface area contributed by atoms with Crippen LogP contribution in [0.3, 0.4) is 0 Å². The summed E-state index contributed by atoms with van der Waals surface area (Å²) in [6.45, 7) is 0. The van der Waals surface area contributed by atoms with Crippen molar-refractivity contribution in [3.05, 3.63) is 67.9 Å². The van der Waals surface area contributed by atoms with Gasteiger partial charge in [0.15, 0.2) is 5.69 Å². The SMILES string of the molecule is Cn1nc(C(=O)Nc2ccc(Br)cc2)c(=O)c2cc(Cl)ccc21. The predicted octanol–water partition coefficient (Wildman–Crippen LogP) is 3.60. The lowest BCUT2D eigenvalue weighted by molar-refractivity contribution is 0.101. The van der Waals surface area contributed by atoms with Crippen LogP contribution in [0.5, 0.6) is 0 Å². The van der Waals surface area contributed by atoms with Crippen LogP contribution in [-0.2, 0) is 7.05 Å². The molecule has 0 radical (unpaired) electrons. The highest BCUT2D eigenvalue weighted by Crippen LogP contribution is 2.17. The Balaban J connectivity index is 2.05. The molecule has 116 valence electrons. The molecule has 23 heavy (non-hydrogen) atoms. The Kier molecular flexibility index (Phi) is 4.19. The molecule has 0 fully saturated rings. The number of aryl methyl sites for hydroxylation is 1. The number of amides is 1. The van der Waals surface area contributed by atoms with Crippen LogP contribution >= 0.6 is 27.5 Å². The average Bonchev–Trinajstić information content (AvgIpc) is 2.53. The molecule has 0 saturated carbocycles. The molecule has 0 saturated heterocycles. The number of hydrogen-bond donors (Lipinski definition) is 1. The lowest BCUT2D eigenvalue weighted by Crippen LogP contribution is -2.26. The Morgan fingerprint density at radius 1 is 1.22 bits per heavy atom. The summed E-state index contributed by atoms with van der Waals surface area (Å²) in [6.07, 6.45) is 0. The Bertz CT molecular complexity index is 967. The molecule has 0 spiro atoms. The first-order valence-electron chi connectivity index (χ1n) is 6.69. The first kappa shape index (κ1) is 15.7. The van der Waals surface area contributed by atoms with Crippen molar-refractivity contribution in [3.63, 3.8) is 0 Å². The van der Waals surface area contributed by atoms with Gasteiger partial charge in [-0.1, -0.05) is 27.5 Å². The van der Waals surface area contributed by atoms with Crippen molar-refractivity contribution in [2.45, 2.75) is 0 Å². The lowest BCUT2D eigenvalue weighted by atomic mass is 10.2. The highest BCUT2D eigenvalue weighted by molar-refractivity contribution is 9.10. The van der Waals surface area contributed by atoms with Crippen LogP contribution in [0.1, 0.15) is 10.5 Å². The zero-order valence-corrected chi connectivity index (χ0v) is 14.4. The molecule has 2 aromatic carbocycles. The number of carbonyl (C=O) groups excluding carboxylic acids is 1. The van der Waals surface area contributed by atoms with Crippen LogP contribution in [0, 0.1) is 0 Å². The minimum absolute atomic E-state index is 0.176. The van der Waals surface area contributed by atoms with Crippen LogP contribution in [0.25, 0.3) is 10.9 Å². The zero-order chi connectivity index (χ0) is 16.6. The van der Waals surface area contributed by atoms with Crippen LogP contribution < -0.4 is 10.7 Å². The number of nitrogens with zero attached hydrogens (tertiary/aromatic N) is 2. The minimum atomic E-state index is -0.560. The molecule has 1 amide bonds. The normalized spacial score (nSPS) is 10.7. The summed E-state index contributed by atoms with van der Waals surface area (Å²) in [5.74, 6) is -0.560. The lowest BCUT2D eigenvalue weighted by Gasteiger charge is -2.09. The fourth-order valence-corrected chi connectivity index (χ4v) is 2.66. The van der Waals surface area contributed by atoms with Gasteiger partial charge in [-0.15, -0.1) is 0 Å². The third-order valence-electron chi connectivity index (χ3n) is 3.33. The zero-order valence-electron chi connectivity index (χ0n) is 12.0. The molecule has 0 aliphatic heterocycles. The maximum absolute atomic E-state index is 12.5. The van der Waals surface area contributed by atoms with Crippen LogP contribution in [0.4, 0.5) is 5.69 Å². The number of hydrogen-bond acceptors (Lipinski definition) is 3. The highest BCUT2D eigenvalue weighted by Gasteiger charge is 2.17. The van der Waals surface area contributed by atoms with Crippen molar-refractivity contribution >= 4 is 50.0 Å². The molecule has 0 aliphatic carbocycles. The van der Waals surface area contributed by atoms with E-state index in [0.29, 0.717) is 21.6 Å².